The van der Waals surface area contributed by atoms with E-state index in [-0.39, 0.29) is 0 Å². The molecule has 2 heterocycles. The van der Waals surface area contributed by atoms with E-state index in [9.17, 15) is 33.3 Å². The van der Waals surface area contributed by atoms with E-state index >= 15 is 0 Å². The predicted molar refractivity (Wildman–Crippen MR) is 76.1 cm³/mol. The highest BCUT2D eigenvalue weighted by molar-refractivity contribution is 7.60. The van der Waals surface area contributed by atoms with Gasteiger partial charge in [0, 0.05) is 0 Å². The molecular weight excluding hydrogens is 409 g/mol. The Hall–Kier alpha value is -1.25. The van der Waals surface area contributed by atoms with Gasteiger partial charge in [0.1, 0.15) is 18.3 Å². The normalized spacial score (nSPS) is 28.8. The highest BCUT2D eigenvalue weighted by Crippen LogP contribution is 2.57. The second-order valence-corrected chi connectivity index (χ2v) is 7.86. The molecule has 6 N–H and O–H groups in total. The molecule has 0 amide bonds. The molecule has 17 heteroatoms. The van der Waals surface area contributed by atoms with Gasteiger partial charge in [-0.3, -0.25) is 18.9 Å². The van der Waals surface area contributed by atoms with Gasteiger partial charge in [-0.2, -0.15) is 8.70 Å². The molecular formula is C9H13FN2O12P2. The Labute approximate surface area is 142 Å². The standard InChI is InChI=1S/C9H13FN2O12P2/c10-3-1-12(9(16)11-7(3)15)8-6(14)5(13)4(23-8)2-22-26(20,21)24-25(17,18)19/h1,4-6,8,13-14H,2H2,(H,20,21)(H,11,15,16)(H2,17,18,19)/t4-,5-,6-,8-/m1/s1. The summed E-state index contributed by atoms with van der Waals surface area (Å²) in [6.45, 7) is -0.997. The van der Waals surface area contributed by atoms with E-state index in [0.29, 0.717) is 10.8 Å². The molecule has 148 valence electrons. The number of hydrogen-bond donors (Lipinski definition) is 6. The minimum atomic E-state index is -5.36. The first kappa shape index (κ1) is 21.1. The molecule has 1 aliphatic heterocycles. The fourth-order valence-electron chi connectivity index (χ4n) is 2.07. The SMILES string of the molecule is O=c1[nH]c(=O)n([C@@H]2O[C@H](COP(=O)(O)OP(=O)(O)O)[C@@H](O)[C@H]2O)cc1F. The third-order valence-electron chi connectivity index (χ3n) is 3.15. The number of aliphatic hydroxyl groups excluding tert-OH is 2. The number of aromatic amines is 1. The molecule has 1 saturated heterocycles. The Bertz CT molecular complexity index is 878. The molecule has 0 aromatic carbocycles. The highest BCUT2D eigenvalue weighted by atomic mass is 31.3. The van der Waals surface area contributed by atoms with Crippen molar-refractivity contribution in [3.8, 4) is 0 Å². The molecule has 0 radical (unpaired) electrons. The van der Waals surface area contributed by atoms with Crippen molar-refractivity contribution in [1.29, 1.82) is 0 Å². The number of nitrogens with one attached hydrogen (secondary N) is 1. The molecule has 0 saturated carbocycles. The van der Waals surface area contributed by atoms with E-state index in [1.54, 1.807) is 4.98 Å². The highest BCUT2D eigenvalue weighted by Gasteiger charge is 2.45. The zero-order chi connectivity index (χ0) is 19.9. The Balaban J connectivity index is 2.14. The third kappa shape index (κ3) is 4.92. The van der Waals surface area contributed by atoms with Crippen molar-refractivity contribution in [1.82, 2.24) is 9.55 Å². The summed E-state index contributed by atoms with van der Waals surface area (Å²) in [5, 5.41) is 19.7. The molecule has 0 aliphatic carbocycles. The summed E-state index contributed by atoms with van der Waals surface area (Å²) in [6, 6.07) is 0. The topological polar surface area (TPSA) is 218 Å². The number of phosphoric ester groups is 1. The number of aromatic nitrogens is 2. The van der Waals surface area contributed by atoms with Gasteiger partial charge in [-0.15, -0.1) is 0 Å². The minimum Gasteiger partial charge on any atom is -0.387 e. The van der Waals surface area contributed by atoms with Crippen LogP contribution in [0.15, 0.2) is 15.8 Å². The Morgan fingerprint density at radius 3 is 2.42 bits per heavy atom. The average molecular weight is 422 g/mol. The minimum absolute atomic E-state index is 0.416. The van der Waals surface area contributed by atoms with Crippen LogP contribution in [-0.4, -0.2) is 59.4 Å². The second-order valence-electron chi connectivity index (χ2n) is 5.03. The van der Waals surface area contributed by atoms with Crippen LogP contribution in [0.1, 0.15) is 6.23 Å². The lowest BCUT2D eigenvalue weighted by Gasteiger charge is -2.17. The van der Waals surface area contributed by atoms with Gasteiger partial charge >= 0.3 is 21.3 Å². The number of rotatable bonds is 6. The maximum atomic E-state index is 13.3. The molecule has 1 fully saturated rings. The molecule has 1 aromatic rings. The predicted octanol–water partition coefficient (Wildman–Crippen LogP) is -2.48. The second kappa shape index (κ2) is 7.40. The summed E-state index contributed by atoms with van der Waals surface area (Å²) in [5.74, 6) is -1.38. The lowest BCUT2D eigenvalue weighted by atomic mass is 10.1. The van der Waals surface area contributed by atoms with Crippen LogP contribution in [0.25, 0.3) is 0 Å². The van der Waals surface area contributed by atoms with E-state index < -0.39 is 63.9 Å². The van der Waals surface area contributed by atoms with Crippen LogP contribution in [0.4, 0.5) is 4.39 Å². The molecule has 26 heavy (non-hydrogen) atoms. The van der Waals surface area contributed by atoms with Crippen LogP contribution >= 0.6 is 15.6 Å². The lowest BCUT2D eigenvalue weighted by molar-refractivity contribution is -0.0546. The van der Waals surface area contributed by atoms with Crippen LogP contribution in [0.2, 0.25) is 0 Å². The first-order valence-corrected chi connectivity index (χ1v) is 9.60. The number of ether oxygens (including phenoxy) is 1. The molecule has 0 bridgehead atoms. The molecule has 2 rings (SSSR count). The Morgan fingerprint density at radius 2 is 1.85 bits per heavy atom. The van der Waals surface area contributed by atoms with Gasteiger partial charge in [0.15, 0.2) is 6.23 Å². The number of hydrogen-bond acceptors (Lipinski definition) is 9. The molecule has 14 nitrogen and oxygen atoms in total. The summed E-state index contributed by atoms with van der Waals surface area (Å²) in [5.41, 5.74) is -2.50. The van der Waals surface area contributed by atoms with Crippen molar-refractivity contribution in [3.63, 3.8) is 0 Å². The Morgan fingerprint density at radius 1 is 1.23 bits per heavy atom. The van der Waals surface area contributed by atoms with Crippen LogP contribution in [0, 0.1) is 5.82 Å². The van der Waals surface area contributed by atoms with Gasteiger partial charge in [0.2, 0.25) is 5.82 Å². The number of phosphoric acid groups is 2. The average Bonchev–Trinajstić information content (AvgIpc) is 2.75. The Kier molecular flexibility index (Phi) is 5.99. The van der Waals surface area contributed by atoms with Gasteiger partial charge in [-0.25, -0.2) is 13.9 Å². The summed E-state index contributed by atoms with van der Waals surface area (Å²) in [4.78, 5) is 50.3. The monoisotopic (exact) mass is 422 g/mol. The largest absolute Gasteiger partial charge is 0.481 e. The number of aliphatic hydroxyl groups is 2. The summed E-state index contributed by atoms with van der Waals surface area (Å²) in [7, 11) is -10.6. The van der Waals surface area contributed by atoms with E-state index in [0.717, 1.165) is 0 Å². The fourth-order valence-corrected chi connectivity index (χ4v) is 3.67. The molecule has 1 aromatic heterocycles. The first-order valence-electron chi connectivity index (χ1n) is 6.57. The van der Waals surface area contributed by atoms with Crippen molar-refractivity contribution in [2.24, 2.45) is 0 Å². The van der Waals surface area contributed by atoms with Crippen LogP contribution < -0.4 is 11.2 Å². The van der Waals surface area contributed by atoms with Crippen molar-refractivity contribution in [2.75, 3.05) is 6.61 Å². The molecule has 0 spiro atoms. The quantitative estimate of drug-likeness (QED) is 0.263. The maximum absolute atomic E-state index is 13.3. The zero-order valence-corrected chi connectivity index (χ0v) is 14.2. The first-order chi connectivity index (χ1) is 11.8. The van der Waals surface area contributed by atoms with Gasteiger partial charge in [-0.05, 0) is 0 Å². The molecule has 1 aliphatic rings. The summed E-state index contributed by atoms with van der Waals surface area (Å²) in [6.07, 6.45) is -6.50. The summed E-state index contributed by atoms with van der Waals surface area (Å²) < 4.78 is 48.4. The number of halogens is 1. The van der Waals surface area contributed by atoms with Gasteiger partial charge in [0.05, 0.1) is 12.8 Å². The zero-order valence-electron chi connectivity index (χ0n) is 12.4. The van der Waals surface area contributed by atoms with Crippen molar-refractivity contribution >= 4 is 15.6 Å². The van der Waals surface area contributed by atoms with Crippen molar-refractivity contribution in [3.05, 3.63) is 32.9 Å². The van der Waals surface area contributed by atoms with Crippen LogP contribution in [0.5, 0.6) is 0 Å². The van der Waals surface area contributed by atoms with Crippen molar-refractivity contribution < 1.29 is 52.0 Å². The van der Waals surface area contributed by atoms with E-state index in [1.807, 2.05) is 0 Å². The van der Waals surface area contributed by atoms with E-state index in [4.69, 9.17) is 19.4 Å². The van der Waals surface area contributed by atoms with Gasteiger partial charge in [0.25, 0.3) is 5.56 Å². The van der Waals surface area contributed by atoms with E-state index in [1.165, 1.54) is 0 Å². The lowest BCUT2D eigenvalue weighted by Crippen LogP contribution is -2.38. The number of nitrogens with zero attached hydrogens (tertiary/aromatic N) is 1. The maximum Gasteiger partial charge on any atom is 0.481 e. The van der Waals surface area contributed by atoms with Crippen LogP contribution in [-0.2, 0) is 22.7 Å². The smallest absolute Gasteiger partial charge is 0.387 e. The van der Waals surface area contributed by atoms with E-state index in [2.05, 4.69) is 8.83 Å². The third-order valence-corrected chi connectivity index (χ3v) is 5.30. The molecule has 5 atom stereocenters. The fraction of sp³-hybridized carbons (Fsp3) is 0.556. The summed E-state index contributed by atoms with van der Waals surface area (Å²) >= 11 is 0. The molecule has 1 unspecified atom stereocenters. The number of H-pyrrole nitrogens is 1. The van der Waals surface area contributed by atoms with Crippen molar-refractivity contribution in [2.45, 2.75) is 24.5 Å². The van der Waals surface area contributed by atoms with Crippen LogP contribution in [0.3, 0.4) is 0 Å². The van der Waals surface area contributed by atoms with Gasteiger partial charge < -0.3 is 29.6 Å². The van der Waals surface area contributed by atoms with Gasteiger partial charge in [-0.1, -0.05) is 0 Å².